The standard InChI is InChI=1S/C21H25N3O/c1-16-7-5-10-18(22-16)13-24-14-19(17-8-3-2-4-9-17)21(15-24)12-6-11-20(25)23-21/h2-5,7-10,19H,6,11-15H2,1H3,(H,23,25)/t19-,21+/m0/s1. The summed E-state index contributed by atoms with van der Waals surface area (Å²) in [6.07, 6.45) is 2.68. The number of carbonyl (C=O) groups excluding carboxylic acids is 1. The van der Waals surface area contributed by atoms with Gasteiger partial charge in [0.15, 0.2) is 0 Å². The highest BCUT2D eigenvalue weighted by molar-refractivity contribution is 5.78. The van der Waals surface area contributed by atoms with Crippen molar-refractivity contribution in [1.29, 1.82) is 0 Å². The minimum atomic E-state index is -0.138. The van der Waals surface area contributed by atoms with E-state index < -0.39 is 0 Å². The second-order valence-electron chi connectivity index (χ2n) is 7.46. The van der Waals surface area contributed by atoms with E-state index in [9.17, 15) is 4.79 Å². The van der Waals surface area contributed by atoms with Gasteiger partial charge in [-0.25, -0.2) is 0 Å². The monoisotopic (exact) mass is 335 g/mol. The molecule has 3 heterocycles. The molecular weight excluding hydrogens is 310 g/mol. The van der Waals surface area contributed by atoms with Crippen molar-refractivity contribution in [1.82, 2.24) is 15.2 Å². The summed E-state index contributed by atoms with van der Waals surface area (Å²) in [6, 6.07) is 16.8. The summed E-state index contributed by atoms with van der Waals surface area (Å²) in [5.41, 5.74) is 3.34. The van der Waals surface area contributed by atoms with Crippen molar-refractivity contribution < 1.29 is 4.79 Å². The molecule has 0 saturated carbocycles. The Labute approximate surface area is 149 Å². The summed E-state index contributed by atoms with van der Waals surface area (Å²) in [5.74, 6) is 0.533. The molecule has 2 fully saturated rings. The van der Waals surface area contributed by atoms with E-state index in [4.69, 9.17) is 0 Å². The first kappa shape index (κ1) is 16.3. The Morgan fingerprint density at radius 2 is 2.04 bits per heavy atom. The van der Waals surface area contributed by atoms with Crippen molar-refractivity contribution >= 4 is 5.91 Å². The molecular formula is C21H25N3O. The van der Waals surface area contributed by atoms with Gasteiger partial charge in [0.25, 0.3) is 0 Å². The highest BCUT2D eigenvalue weighted by Gasteiger charge is 2.49. The fourth-order valence-corrected chi connectivity index (χ4v) is 4.50. The molecule has 2 aliphatic rings. The molecule has 25 heavy (non-hydrogen) atoms. The lowest BCUT2D eigenvalue weighted by molar-refractivity contribution is -0.125. The Bertz CT molecular complexity index is 761. The number of carbonyl (C=O) groups is 1. The smallest absolute Gasteiger partial charge is 0.220 e. The maximum absolute atomic E-state index is 12.2. The van der Waals surface area contributed by atoms with Crippen LogP contribution in [0, 0.1) is 6.92 Å². The molecule has 0 aliphatic carbocycles. The molecule has 1 N–H and O–H groups in total. The molecule has 4 rings (SSSR count). The van der Waals surface area contributed by atoms with E-state index in [0.717, 1.165) is 43.9 Å². The molecule has 2 aliphatic heterocycles. The fourth-order valence-electron chi connectivity index (χ4n) is 4.50. The summed E-state index contributed by atoms with van der Waals surface area (Å²) >= 11 is 0. The van der Waals surface area contributed by atoms with E-state index in [0.29, 0.717) is 12.3 Å². The van der Waals surface area contributed by atoms with E-state index in [-0.39, 0.29) is 11.4 Å². The Balaban J connectivity index is 1.61. The van der Waals surface area contributed by atoms with Crippen molar-refractivity contribution in [2.45, 2.75) is 44.2 Å². The Morgan fingerprint density at radius 1 is 1.20 bits per heavy atom. The maximum Gasteiger partial charge on any atom is 0.220 e. The molecule has 1 spiro atoms. The van der Waals surface area contributed by atoms with Crippen LogP contribution in [0.4, 0.5) is 0 Å². The number of aryl methyl sites for hydroxylation is 1. The lowest BCUT2D eigenvalue weighted by Crippen LogP contribution is -2.56. The van der Waals surface area contributed by atoms with Gasteiger partial charge in [-0.05, 0) is 37.5 Å². The van der Waals surface area contributed by atoms with Crippen LogP contribution in [0.2, 0.25) is 0 Å². The molecule has 0 unspecified atom stereocenters. The molecule has 130 valence electrons. The van der Waals surface area contributed by atoms with E-state index >= 15 is 0 Å². The minimum Gasteiger partial charge on any atom is -0.349 e. The van der Waals surface area contributed by atoms with Crippen LogP contribution in [0.1, 0.15) is 42.1 Å². The predicted molar refractivity (Wildman–Crippen MR) is 98.2 cm³/mol. The molecule has 4 heteroatoms. The maximum atomic E-state index is 12.2. The largest absolute Gasteiger partial charge is 0.349 e. The highest BCUT2D eigenvalue weighted by atomic mass is 16.1. The predicted octanol–water partition coefficient (Wildman–Crippen LogP) is 3.03. The number of pyridine rings is 1. The SMILES string of the molecule is Cc1cccc(CN2C[C@@H](c3ccccc3)[C@@]3(CCCC(=O)N3)C2)n1. The van der Waals surface area contributed by atoms with Crippen LogP contribution >= 0.6 is 0 Å². The van der Waals surface area contributed by atoms with Gasteiger partial charge >= 0.3 is 0 Å². The number of nitrogens with one attached hydrogen (secondary N) is 1. The van der Waals surface area contributed by atoms with E-state index in [1.54, 1.807) is 0 Å². The number of likely N-dealkylation sites (tertiary alicyclic amines) is 1. The fraction of sp³-hybridized carbons (Fsp3) is 0.429. The van der Waals surface area contributed by atoms with Gasteiger partial charge in [0, 0.05) is 37.7 Å². The van der Waals surface area contributed by atoms with Crippen LogP contribution in [-0.2, 0) is 11.3 Å². The third kappa shape index (κ3) is 3.31. The van der Waals surface area contributed by atoms with Gasteiger partial charge in [-0.3, -0.25) is 14.7 Å². The molecule has 2 atom stereocenters. The Kier molecular flexibility index (Phi) is 4.30. The van der Waals surface area contributed by atoms with Crippen LogP contribution in [0.15, 0.2) is 48.5 Å². The lowest BCUT2D eigenvalue weighted by atomic mass is 9.76. The zero-order chi connectivity index (χ0) is 17.3. The average molecular weight is 335 g/mol. The van der Waals surface area contributed by atoms with E-state index in [2.05, 4.69) is 57.7 Å². The van der Waals surface area contributed by atoms with Gasteiger partial charge in [0.1, 0.15) is 0 Å². The Morgan fingerprint density at radius 3 is 2.80 bits per heavy atom. The van der Waals surface area contributed by atoms with E-state index in [1.165, 1.54) is 5.56 Å². The molecule has 0 bridgehead atoms. The number of hydrogen-bond donors (Lipinski definition) is 1. The summed E-state index contributed by atoms with van der Waals surface area (Å²) < 4.78 is 0. The molecule has 1 aromatic heterocycles. The van der Waals surface area contributed by atoms with Gasteiger partial charge in [-0.15, -0.1) is 0 Å². The van der Waals surface area contributed by atoms with Gasteiger partial charge in [0.2, 0.25) is 5.91 Å². The van der Waals surface area contributed by atoms with Crippen molar-refractivity contribution in [3.05, 3.63) is 65.5 Å². The van der Waals surface area contributed by atoms with Crippen LogP contribution in [0.3, 0.4) is 0 Å². The van der Waals surface area contributed by atoms with Crippen molar-refractivity contribution in [3.8, 4) is 0 Å². The first-order chi connectivity index (χ1) is 12.1. The molecule has 1 amide bonds. The van der Waals surface area contributed by atoms with Gasteiger partial charge in [-0.2, -0.15) is 0 Å². The molecule has 4 nitrogen and oxygen atoms in total. The van der Waals surface area contributed by atoms with Crippen molar-refractivity contribution in [2.75, 3.05) is 13.1 Å². The number of benzene rings is 1. The molecule has 2 saturated heterocycles. The molecule has 1 aromatic carbocycles. The summed E-state index contributed by atoms with van der Waals surface area (Å²) in [4.78, 5) is 19.3. The zero-order valence-corrected chi connectivity index (χ0v) is 14.7. The second-order valence-corrected chi connectivity index (χ2v) is 7.46. The summed E-state index contributed by atoms with van der Waals surface area (Å²) in [5, 5.41) is 3.37. The summed E-state index contributed by atoms with van der Waals surface area (Å²) in [7, 11) is 0. The van der Waals surface area contributed by atoms with Crippen LogP contribution < -0.4 is 5.32 Å². The second kappa shape index (κ2) is 6.60. The number of nitrogens with zero attached hydrogens (tertiary/aromatic N) is 2. The number of hydrogen-bond acceptors (Lipinski definition) is 3. The number of rotatable bonds is 3. The molecule has 0 radical (unpaired) electrons. The lowest BCUT2D eigenvalue weighted by Gasteiger charge is -2.39. The van der Waals surface area contributed by atoms with Gasteiger partial charge in [0.05, 0.1) is 11.2 Å². The topological polar surface area (TPSA) is 45.2 Å². The van der Waals surface area contributed by atoms with Crippen LogP contribution in [-0.4, -0.2) is 34.4 Å². The van der Waals surface area contributed by atoms with E-state index in [1.807, 2.05) is 13.0 Å². The number of piperidine rings is 1. The average Bonchev–Trinajstić information content (AvgIpc) is 2.92. The van der Waals surface area contributed by atoms with Crippen LogP contribution in [0.25, 0.3) is 0 Å². The molecule has 2 aromatic rings. The van der Waals surface area contributed by atoms with Crippen LogP contribution in [0.5, 0.6) is 0 Å². The quantitative estimate of drug-likeness (QED) is 0.938. The van der Waals surface area contributed by atoms with Gasteiger partial charge in [-0.1, -0.05) is 36.4 Å². The summed E-state index contributed by atoms with van der Waals surface area (Å²) in [6.45, 7) is 4.72. The number of aromatic nitrogens is 1. The van der Waals surface area contributed by atoms with Gasteiger partial charge < -0.3 is 5.32 Å². The third-order valence-electron chi connectivity index (χ3n) is 5.56. The first-order valence-corrected chi connectivity index (χ1v) is 9.15. The van der Waals surface area contributed by atoms with Crippen molar-refractivity contribution in [2.24, 2.45) is 0 Å². The zero-order valence-electron chi connectivity index (χ0n) is 14.7. The normalized spacial score (nSPS) is 26.8. The number of amides is 1. The third-order valence-corrected chi connectivity index (χ3v) is 5.56. The highest BCUT2D eigenvalue weighted by Crippen LogP contribution is 2.41. The Hall–Kier alpha value is -2.20. The minimum absolute atomic E-state index is 0.138. The first-order valence-electron chi connectivity index (χ1n) is 9.15. The van der Waals surface area contributed by atoms with Crippen molar-refractivity contribution in [3.63, 3.8) is 0 Å².